The van der Waals surface area contributed by atoms with Gasteiger partial charge in [-0.15, -0.1) is 0 Å². The fourth-order valence-corrected chi connectivity index (χ4v) is 3.49. The molecular weight excluding hydrogens is 346 g/mol. The van der Waals surface area contributed by atoms with E-state index in [1.807, 2.05) is 42.5 Å². The summed E-state index contributed by atoms with van der Waals surface area (Å²) >= 11 is 1.18. The van der Waals surface area contributed by atoms with Gasteiger partial charge in [0.05, 0.1) is 16.8 Å². The Labute approximate surface area is 156 Å². The van der Waals surface area contributed by atoms with Crippen LogP contribution < -0.4 is 10.9 Å². The predicted molar refractivity (Wildman–Crippen MR) is 105 cm³/mol. The van der Waals surface area contributed by atoms with Crippen LogP contribution in [0.3, 0.4) is 0 Å². The normalized spacial score (nSPS) is 10.8. The largest absolute Gasteiger partial charge is 0.355 e. The summed E-state index contributed by atoms with van der Waals surface area (Å²) in [5.41, 5.74) is 2.62. The molecule has 0 unspecified atom stereocenters. The molecule has 0 saturated heterocycles. The summed E-state index contributed by atoms with van der Waals surface area (Å²) in [7, 11) is 1.72. The van der Waals surface area contributed by atoms with Gasteiger partial charge in [0.15, 0.2) is 5.03 Å². The number of aromatic nitrogens is 2. The zero-order chi connectivity index (χ0) is 18.4. The van der Waals surface area contributed by atoms with Crippen LogP contribution in [0.5, 0.6) is 0 Å². The van der Waals surface area contributed by atoms with Gasteiger partial charge in [-0.2, -0.15) is 0 Å². The highest BCUT2D eigenvalue weighted by atomic mass is 32.2. The molecule has 0 aliphatic heterocycles. The number of amides is 1. The summed E-state index contributed by atoms with van der Waals surface area (Å²) in [5, 5.41) is 3.25. The van der Waals surface area contributed by atoms with Crippen molar-refractivity contribution in [2.75, 3.05) is 12.3 Å². The lowest BCUT2D eigenvalue weighted by Crippen LogP contribution is -2.27. The van der Waals surface area contributed by atoms with E-state index >= 15 is 0 Å². The quantitative estimate of drug-likeness (QED) is 0.515. The molecule has 0 bridgehead atoms. The number of aryl methyl sites for hydroxylation is 2. The van der Waals surface area contributed by atoms with Gasteiger partial charge in [0, 0.05) is 13.6 Å². The average molecular weight is 367 g/mol. The van der Waals surface area contributed by atoms with Gasteiger partial charge in [-0.05, 0) is 30.5 Å². The van der Waals surface area contributed by atoms with Crippen molar-refractivity contribution in [3.63, 3.8) is 0 Å². The Bertz CT molecular complexity index is 954. The number of nitrogens with zero attached hydrogens (tertiary/aromatic N) is 2. The molecule has 6 heteroatoms. The molecule has 26 heavy (non-hydrogen) atoms. The van der Waals surface area contributed by atoms with Crippen LogP contribution in [0.1, 0.15) is 12.0 Å². The maximum Gasteiger partial charge on any atom is 0.283 e. The molecule has 5 nitrogen and oxygen atoms in total. The first-order chi connectivity index (χ1) is 12.6. The molecular formula is C20H21N3O2S. The van der Waals surface area contributed by atoms with E-state index in [1.165, 1.54) is 17.3 Å². The lowest BCUT2D eigenvalue weighted by atomic mass is 10.1. The second-order valence-electron chi connectivity index (χ2n) is 6.00. The van der Waals surface area contributed by atoms with Gasteiger partial charge in [-0.1, -0.05) is 54.2 Å². The van der Waals surface area contributed by atoms with Crippen molar-refractivity contribution in [1.29, 1.82) is 0 Å². The first-order valence-electron chi connectivity index (χ1n) is 8.54. The SMILES string of the molecule is Cn1c(=O)c(SCC(=O)NCCCc2ccccc2)nc2ccccc21. The Hall–Kier alpha value is -2.60. The van der Waals surface area contributed by atoms with E-state index in [0.717, 1.165) is 23.9 Å². The van der Waals surface area contributed by atoms with E-state index in [-0.39, 0.29) is 17.2 Å². The highest BCUT2D eigenvalue weighted by Crippen LogP contribution is 2.15. The van der Waals surface area contributed by atoms with Crippen molar-refractivity contribution < 1.29 is 4.79 Å². The Kier molecular flexibility index (Phi) is 6.07. The van der Waals surface area contributed by atoms with Gasteiger partial charge < -0.3 is 9.88 Å². The number of benzene rings is 2. The van der Waals surface area contributed by atoms with Gasteiger partial charge in [0.25, 0.3) is 5.56 Å². The fraction of sp³-hybridized carbons (Fsp3) is 0.250. The third-order valence-corrected chi connectivity index (χ3v) is 5.05. The van der Waals surface area contributed by atoms with Crippen LogP contribution in [0.15, 0.2) is 64.4 Å². The minimum absolute atomic E-state index is 0.0833. The first kappa shape index (κ1) is 18.2. The van der Waals surface area contributed by atoms with Crippen molar-refractivity contribution in [3.8, 4) is 0 Å². The molecule has 0 aliphatic carbocycles. The zero-order valence-electron chi connectivity index (χ0n) is 14.6. The van der Waals surface area contributed by atoms with Gasteiger partial charge in [-0.25, -0.2) is 4.98 Å². The molecule has 1 amide bonds. The standard InChI is InChI=1S/C20H21N3O2S/c1-23-17-12-6-5-11-16(17)22-19(20(23)25)26-14-18(24)21-13-7-10-15-8-3-2-4-9-15/h2-6,8-9,11-12H,7,10,13-14H2,1H3,(H,21,24). The average Bonchev–Trinajstić information content (AvgIpc) is 2.68. The third-order valence-electron chi connectivity index (χ3n) is 4.10. The van der Waals surface area contributed by atoms with Crippen LogP contribution in [0.4, 0.5) is 0 Å². The fourth-order valence-electron chi connectivity index (χ4n) is 2.70. The van der Waals surface area contributed by atoms with E-state index in [2.05, 4.69) is 22.4 Å². The maximum atomic E-state index is 12.4. The number of hydrogen-bond acceptors (Lipinski definition) is 4. The van der Waals surface area contributed by atoms with Crippen LogP contribution in [0, 0.1) is 0 Å². The van der Waals surface area contributed by atoms with Gasteiger partial charge in [0.1, 0.15) is 0 Å². The number of para-hydroxylation sites is 2. The molecule has 1 aromatic heterocycles. The second kappa shape index (κ2) is 8.67. The number of carbonyl (C=O) groups excluding carboxylic acids is 1. The zero-order valence-corrected chi connectivity index (χ0v) is 15.5. The Morgan fingerprint density at radius 3 is 2.65 bits per heavy atom. The number of carbonyl (C=O) groups is 1. The molecule has 3 rings (SSSR count). The molecule has 0 spiro atoms. The van der Waals surface area contributed by atoms with Crippen molar-refractivity contribution in [2.24, 2.45) is 7.05 Å². The second-order valence-corrected chi connectivity index (χ2v) is 6.96. The first-order valence-corrected chi connectivity index (χ1v) is 9.53. The lowest BCUT2D eigenvalue weighted by Gasteiger charge is -2.08. The molecule has 0 radical (unpaired) electrons. The highest BCUT2D eigenvalue weighted by molar-refractivity contribution is 7.99. The third kappa shape index (κ3) is 4.52. The maximum absolute atomic E-state index is 12.4. The molecule has 1 N–H and O–H groups in total. The molecule has 0 aliphatic rings. The highest BCUT2D eigenvalue weighted by Gasteiger charge is 2.11. The lowest BCUT2D eigenvalue weighted by molar-refractivity contribution is -0.118. The van der Waals surface area contributed by atoms with Crippen molar-refractivity contribution in [3.05, 3.63) is 70.5 Å². The van der Waals surface area contributed by atoms with Gasteiger partial charge in [-0.3, -0.25) is 9.59 Å². The molecule has 3 aromatic rings. The minimum Gasteiger partial charge on any atom is -0.355 e. The van der Waals surface area contributed by atoms with Crippen LogP contribution in [-0.4, -0.2) is 27.8 Å². The van der Waals surface area contributed by atoms with Crippen molar-refractivity contribution in [2.45, 2.75) is 17.9 Å². The number of thioether (sulfide) groups is 1. The van der Waals surface area contributed by atoms with E-state index in [0.29, 0.717) is 11.6 Å². The summed E-state index contributed by atoms with van der Waals surface area (Å²) in [6.07, 6.45) is 1.82. The van der Waals surface area contributed by atoms with Crippen LogP contribution in [0.25, 0.3) is 11.0 Å². The van der Waals surface area contributed by atoms with Gasteiger partial charge in [0.2, 0.25) is 5.91 Å². The summed E-state index contributed by atoms with van der Waals surface area (Å²) in [6, 6.07) is 17.7. The van der Waals surface area contributed by atoms with Crippen LogP contribution in [-0.2, 0) is 18.3 Å². The predicted octanol–water partition coefficient (Wildman–Crippen LogP) is 2.77. The monoisotopic (exact) mass is 367 g/mol. The molecule has 0 saturated carbocycles. The summed E-state index contributed by atoms with van der Waals surface area (Å²) in [5.74, 6) is 0.103. The molecule has 2 aromatic carbocycles. The minimum atomic E-state index is -0.175. The van der Waals surface area contributed by atoms with E-state index in [4.69, 9.17) is 0 Å². The van der Waals surface area contributed by atoms with Crippen molar-refractivity contribution >= 4 is 28.7 Å². The summed E-state index contributed by atoms with van der Waals surface area (Å²) in [4.78, 5) is 28.8. The van der Waals surface area contributed by atoms with E-state index < -0.39 is 0 Å². The number of fused-ring (bicyclic) bond motifs is 1. The number of rotatable bonds is 7. The topological polar surface area (TPSA) is 64.0 Å². The number of nitrogens with one attached hydrogen (secondary N) is 1. The summed E-state index contributed by atoms with van der Waals surface area (Å²) in [6.45, 7) is 0.622. The Morgan fingerprint density at radius 1 is 1.12 bits per heavy atom. The van der Waals surface area contributed by atoms with Crippen molar-refractivity contribution in [1.82, 2.24) is 14.9 Å². The van der Waals surface area contributed by atoms with E-state index in [9.17, 15) is 9.59 Å². The van der Waals surface area contributed by atoms with Crippen LogP contribution >= 0.6 is 11.8 Å². The Balaban J connectivity index is 1.51. The summed E-state index contributed by atoms with van der Waals surface area (Å²) < 4.78 is 1.57. The Morgan fingerprint density at radius 2 is 1.85 bits per heavy atom. The van der Waals surface area contributed by atoms with Crippen LogP contribution in [0.2, 0.25) is 0 Å². The molecule has 1 heterocycles. The molecule has 0 fully saturated rings. The smallest absolute Gasteiger partial charge is 0.283 e. The molecule has 134 valence electrons. The molecule has 0 atom stereocenters. The van der Waals surface area contributed by atoms with Gasteiger partial charge >= 0.3 is 0 Å². The number of hydrogen-bond donors (Lipinski definition) is 1. The van der Waals surface area contributed by atoms with E-state index in [1.54, 1.807) is 11.6 Å².